The molecule has 1 aliphatic rings. The molecule has 2 nitrogen and oxygen atoms in total. The summed E-state index contributed by atoms with van der Waals surface area (Å²) in [5.74, 6) is 0. The van der Waals surface area contributed by atoms with Crippen LogP contribution in [0.2, 0.25) is 0 Å². The maximum atomic E-state index is 5.76. The Hall–Kier alpha value is -0.860. The van der Waals surface area contributed by atoms with Gasteiger partial charge >= 0.3 is 0 Å². The zero-order valence-corrected chi connectivity index (χ0v) is 8.56. The fourth-order valence-electron chi connectivity index (χ4n) is 1.60. The Bertz CT molecular complexity index is 220. The van der Waals surface area contributed by atoms with E-state index in [-0.39, 0.29) is 6.10 Å². The maximum absolute atomic E-state index is 5.76. The summed E-state index contributed by atoms with van der Waals surface area (Å²) in [7, 11) is 0. The Morgan fingerprint density at radius 2 is 2.14 bits per heavy atom. The van der Waals surface area contributed by atoms with E-state index in [9.17, 15) is 0 Å². The third kappa shape index (κ3) is 3.90. The first kappa shape index (κ1) is 11.2. The molecule has 78 valence electrons. The summed E-state index contributed by atoms with van der Waals surface area (Å²) < 4.78 is 5.76. The molecule has 0 aliphatic carbocycles. The number of hydrogen-bond donors (Lipinski definition) is 1. The van der Waals surface area contributed by atoms with Crippen molar-refractivity contribution in [3.8, 4) is 0 Å². The third-order valence-electron chi connectivity index (χ3n) is 2.31. The van der Waals surface area contributed by atoms with E-state index in [4.69, 9.17) is 10.5 Å². The maximum Gasteiger partial charge on any atom is 0.0763 e. The van der Waals surface area contributed by atoms with Crippen LogP contribution >= 0.6 is 0 Å². The molecule has 1 fully saturated rings. The fourth-order valence-corrected chi connectivity index (χ4v) is 1.60. The lowest BCUT2D eigenvalue weighted by atomic mass is 10.1. The Labute approximate surface area is 86.1 Å². The van der Waals surface area contributed by atoms with Crippen molar-refractivity contribution in [1.29, 1.82) is 0 Å². The molecule has 2 atom stereocenters. The van der Waals surface area contributed by atoms with Gasteiger partial charge in [0, 0.05) is 0 Å². The van der Waals surface area contributed by atoms with Crippen LogP contribution in [0.3, 0.4) is 0 Å². The highest BCUT2D eigenvalue weighted by atomic mass is 16.5. The number of ether oxygens (including phenoxy) is 1. The molecule has 0 aromatic carbocycles. The van der Waals surface area contributed by atoms with E-state index in [0.29, 0.717) is 6.10 Å². The van der Waals surface area contributed by atoms with Crippen LogP contribution in [0.1, 0.15) is 19.3 Å². The zero-order chi connectivity index (χ0) is 10.2. The van der Waals surface area contributed by atoms with Crippen LogP contribution in [-0.2, 0) is 4.74 Å². The molecular weight excluding hydrogens is 174 g/mol. The molecule has 0 saturated carbocycles. The Morgan fingerprint density at radius 3 is 2.86 bits per heavy atom. The number of rotatable bonds is 5. The molecular formula is C12H19NO. The number of allylic oxidation sites excluding steroid dienone is 4. The molecule has 0 bridgehead atoms. The largest absolute Gasteiger partial charge is 0.371 e. The molecule has 1 aliphatic heterocycles. The van der Waals surface area contributed by atoms with Gasteiger partial charge in [-0.25, -0.2) is 0 Å². The Kier molecular flexibility index (Phi) is 5.27. The molecule has 2 heteroatoms. The monoisotopic (exact) mass is 193 g/mol. The van der Waals surface area contributed by atoms with Crippen molar-refractivity contribution in [3.63, 3.8) is 0 Å². The van der Waals surface area contributed by atoms with Gasteiger partial charge in [0.1, 0.15) is 0 Å². The summed E-state index contributed by atoms with van der Waals surface area (Å²) in [5, 5.41) is 0. The SMILES string of the molecule is C=C/C=C\C=C\C1CCC(CCN)O1. The van der Waals surface area contributed by atoms with E-state index in [1.54, 1.807) is 6.08 Å². The standard InChI is InChI=1S/C12H19NO/c1-2-3-4-5-6-11-7-8-12(14-11)9-10-13/h2-6,11-12H,1,7-10,13H2/b4-3-,6-5+. The van der Waals surface area contributed by atoms with Crippen molar-refractivity contribution in [2.24, 2.45) is 5.73 Å². The van der Waals surface area contributed by atoms with Crippen molar-refractivity contribution in [2.75, 3.05) is 6.54 Å². The average molecular weight is 193 g/mol. The van der Waals surface area contributed by atoms with Gasteiger partial charge in [0.2, 0.25) is 0 Å². The van der Waals surface area contributed by atoms with Crippen LogP contribution in [0.5, 0.6) is 0 Å². The normalized spacial score (nSPS) is 27.8. The summed E-state index contributed by atoms with van der Waals surface area (Å²) >= 11 is 0. The average Bonchev–Trinajstić information content (AvgIpc) is 2.61. The van der Waals surface area contributed by atoms with E-state index in [0.717, 1.165) is 25.8 Å². The zero-order valence-electron chi connectivity index (χ0n) is 8.56. The second-order valence-corrected chi connectivity index (χ2v) is 3.46. The van der Waals surface area contributed by atoms with Gasteiger partial charge < -0.3 is 10.5 Å². The predicted octanol–water partition coefficient (Wildman–Crippen LogP) is 2.18. The highest BCUT2D eigenvalue weighted by Gasteiger charge is 2.21. The molecule has 1 heterocycles. The first-order valence-corrected chi connectivity index (χ1v) is 5.18. The number of nitrogens with two attached hydrogens (primary N) is 1. The molecule has 0 aromatic rings. The Balaban J connectivity index is 2.24. The lowest BCUT2D eigenvalue weighted by Crippen LogP contribution is -2.14. The highest BCUT2D eigenvalue weighted by Crippen LogP contribution is 2.22. The van der Waals surface area contributed by atoms with Crippen molar-refractivity contribution in [3.05, 3.63) is 37.0 Å². The summed E-state index contributed by atoms with van der Waals surface area (Å²) in [4.78, 5) is 0. The quantitative estimate of drug-likeness (QED) is 0.679. The van der Waals surface area contributed by atoms with Gasteiger partial charge in [0.05, 0.1) is 12.2 Å². The smallest absolute Gasteiger partial charge is 0.0763 e. The van der Waals surface area contributed by atoms with Crippen molar-refractivity contribution in [1.82, 2.24) is 0 Å². The molecule has 0 aromatic heterocycles. The molecule has 2 N–H and O–H groups in total. The third-order valence-corrected chi connectivity index (χ3v) is 2.31. The van der Waals surface area contributed by atoms with E-state index in [2.05, 4.69) is 12.7 Å². The van der Waals surface area contributed by atoms with Gasteiger partial charge in [-0.1, -0.05) is 37.0 Å². The fraction of sp³-hybridized carbons (Fsp3) is 0.500. The van der Waals surface area contributed by atoms with Gasteiger partial charge in [-0.2, -0.15) is 0 Å². The predicted molar refractivity (Wildman–Crippen MR) is 60.0 cm³/mol. The minimum absolute atomic E-state index is 0.279. The molecule has 1 saturated heterocycles. The van der Waals surface area contributed by atoms with Crippen molar-refractivity contribution < 1.29 is 4.74 Å². The minimum atomic E-state index is 0.279. The highest BCUT2D eigenvalue weighted by molar-refractivity contribution is 5.10. The lowest BCUT2D eigenvalue weighted by molar-refractivity contribution is 0.0674. The van der Waals surface area contributed by atoms with Crippen LogP contribution in [0, 0.1) is 0 Å². The molecule has 2 unspecified atom stereocenters. The van der Waals surface area contributed by atoms with Crippen LogP contribution in [0.4, 0.5) is 0 Å². The van der Waals surface area contributed by atoms with E-state index >= 15 is 0 Å². The summed E-state index contributed by atoms with van der Waals surface area (Å²) in [5.41, 5.74) is 5.47. The first-order chi connectivity index (χ1) is 6.86. The topological polar surface area (TPSA) is 35.2 Å². The van der Waals surface area contributed by atoms with Gasteiger partial charge in [-0.15, -0.1) is 0 Å². The second-order valence-electron chi connectivity index (χ2n) is 3.46. The van der Waals surface area contributed by atoms with Gasteiger partial charge in [0.15, 0.2) is 0 Å². The summed E-state index contributed by atoms with van der Waals surface area (Å²) in [6.07, 6.45) is 13.6. The van der Waals surface area contributed by atoms with Crippen molar-refractivity contribution >= 4 is 0 Å². The molecule has 14 heavy (non-hydrogen) atoms. The molecule has 1 rings (SSSR count). The first-order valence-electron chi connectivity index (χ1n) is 5.18. The van der Waals surface area contributed by atoms with Crippen LogP contribution in [0.15, 0.2) is 37.0 Å². The van der Waals surface area contributed by atoms with Crippen molar-refractivity contribution in [2.45, 2.75) is 31.5 Å². The summed E-state index contributed by atoms with van der Waals surface area (Å²) in [6.45, 7) is 4.32. The second kappa shape index (κ2) is 6.57. The van der Waals surface area contributed by atoms with Gasteiger partial charge in [-0.3, -0.25) is 0 Å². The Morgan fingerprint density at radius 1 is 1.29 bits per heavy atom. The van der Waals surface area contributed by atoms with E-state index in [1.165, 1.54) is 0 Å². The lowest BCUT2D eigenvalue weighted by Gasteiger charge is -2.08. The minimum Gasteiger partial charge on any atom is -0.371 e. The van der Waals surface area contributed by atoms with Crippen LogP contribution < -0.4 is 5.73 Å². The van der Waals surface area contributed by atoms with Crippen LogP contribution in [-0.4, -0.2) is 18.8 Å². The van der Waals surface area contributed by atoms with Gasteiger partial charge in [0.25, 0.3) is 0 Å². The molecule has 0 amide bonds. The van der Waals surface area contributed by atoms with Crippen LogP contribution in [0.25, 0.3) is 0 Å². The van der Waals surface area contributed by atoms with E-state index < -0.39 is 0 Å². The molecule has 0 spiro atoms. The van der Waals surface area contributed by atoms with Gasteiger partial charge in [-0.05, 0) is 25.8 Å². The molecule has 0 radical (unpaired) electrons. The van der Waals surface area contributed by atoms with E-state index in [1.807, 2.05) is 18.2 Å². The number of hydrogen-bond acceptors (Lipinski definition) is 2. The summed E-state index contributed by atoms with van der Waals surface area (Å²) in [6, 6.07) is 0.